The van der Waals surface area contributed by atoms with Crippen molar-refractivity contribution in [2.24, 2.45) is 5.41 Å². The number of hydrogen-bond donors (Lipinski definition) is 1. The average Bonchev–Trinajstić information content (AvgIpc) is 3.00. The molecule has 158 valence electrons. The van der Waals surface area contributed by atoms with Gasteiger partial charge in [-0.05, 0) is 60.8 Å². The fourth-order valence-corrected chi connectivity index (χ4v) is 6.06. The number of carbonyl (C=O) groups is 1. The van der Waals surface area contributed by atoms with Crippen LogP contribution in [-0.2, 0) is 22.5 Å². The summed E-state index contributed by atoms with van der Waals surface area (Å²) in [6.07, 6.45) is 2.21. The summed E-state index contributed by atoms with van der Waals surface area (Å²) in [6.45, 7) is 12.7. The predicted octanol–water partition coefficient (Wildman–Crippen LogP) is 4.46. The molecular weight excluding hydrogens is 418 g/mol. The zero-order valence-electron chi connectivity index (χ0n) is 17.4. The van der Waals surface area contributed by atoms with Crippen LogP contribution in [-0.4, -0.2) is 44.0 Å². The van der Waals surface area contributed by atoms with E-state index >= 15 is 0 Å². The molecule has 2 heterocycles. The van der Waals surface area contributed by atoms with E-state index in [-0.39, 0.29) is 22.3 Å². The summed E-state index contributed by atoms with van der Waals surface area (Å²) in [5.41, 5.74) is 0.328. The van der Waals surface area contributed by atoms with Gasteiger partial charge in [0.2, 0.25) is 0 Å². The summed E-state index contributed by atoms with van der Waals surface area (Å²) in [4.78, 5) is 19.9. The molecule has 0 saturated carbocycles. The number of likely N-dealkylation sites (tertiary alicyclic amines) is 1. The zero-order chi connectivity index (χ0) is 20.9. The molecule has 2 atom stereocenters. The predicted molar refractivity (Wildman–Crippen MR) is 114 cm³/mol. The van der Waals surface area contributed by atoms with Gasteiger partial charge in [0.25, 0.3) is 0 Å². The van der Waals surface area contributed by atoms with Crippen molar-refractivity contribution >= 4 is 40.4 Å². The number of aromatic nitrogens is 1. The van der Waals surface area contributed by atoms with Crippen LogP contribution in [0.15, 0.2) is 0 Å². The van der Waals surface area contributed by atoms with E-state index in [4.69, 9.17) is 16.3 Å². The number of ether oxygens (including phenoxy) is 1. The maximum atomic E-state index is 12.9. The fourth-order valence-electron chi connectivity index (χ4n) is 3.79. The van der Waals surface area contributed by atoms with Crippen molar-refractivity contribution in [1.29, 1.82) is 0 Å². The Morgan fingerprint density at radius 1 is 1.32 bits per heavy atom. The second-order valence-corrected chi connectivity index (χ2v) is 13.4. The SMILES string of the molecule is CC(C)(C)OC(=O)N1CCC2(CC1)Cc1sc(Cl)nc1[C@@H]2N[S+]([O-])C(C)(C)C. The van der Waals surface area contributed by atoms with Crippen LogP contribution in [0, 0.1) is 5.41 Å². The van der Waals surface area contributed by atoms with Crippen LogP contribution in [0.2, 0.25) is 4.47 Å². The molecule has 3 rings (SSSR count). The Hall–Kier alpha value is -0.540. The lowest BCUT2D eigenvalue weighted by Gasteiger charge is -2.43. The highest BCUT2D eigenvalue weighted by Crippen LogP contribution is 2.54. The van der Waals surface area contributed by atoms with Crippen LogP contribution in [0.25, 0.3) is 0 Å². The van der Waals surface area contributed by atoms with Crippen LogP contribution in [0.3, 0.4) is 0 Å². The van der Waals surface area contributed by atoms with Gasteiger partial charge in [-0.3, -0.25) is 0 Å². The zero-order valence-corrected chi connectivity index (χ0v) is 19.8. The third kappa shape index (κ3) is 4.61. The normalized spacial score (nSPS) is 23.0. The second-order valence-electron chi connectivity index (χ2n) is 9.71. The highest BCUT2D eigenvalue weighted by atomic mass is 35.5. The van der Waals surface area contributed by atoms with E-state index in [0.717, 1.165) is 25.0 Å². The van der Waals surface area contributed by atoms with E-state index < -0.39 is 17.0 Å². The van der Waals surface area contributed by atoms with Crippen molar-refractivity contribution in [1.82, 2.24) is 14.6 Å². The first-order valence-corrected chi connectivity index (χ1v) is 12.0. The summed E-state index contributed by atoms with van der Waals surface area (Å²) in [5, 5.41) is 0. The summed E-state index contributed by atoms with van der Waals surface area (Å²) in [7, 11) is 0. The van der Waals surface area contributed by atoms with Crippen molar-refractivity contribution in [3.8, 4) is 0 Å². The van der Waals surface area contributed by atoms with Crippen LogP contribution in [0.5, 0.6) is 0 Å². The standard InChI is InChI=1S/C19H30ClN3O3S2/c1-17(2,3)26-16(24)23-9-7-19(8-10-23)11-12-13(21-15(20)27-12)14(19)22-28(25)18(4,5)6/h14,22H,7-11H2,1-6H3/t14-,28?/m0/s1. The Kier molecular flexibility index (Phi) is 6.02. The highest BCUT2D eigenvalue weighted by Gasteiger charge is 2.53. The molecule has 0 aromatic carbocycles. The van der Waals surface area contributed by atoms with Crippen molar-refractivity contribution < 1.29 is 14.1 Å². The Bertz CT molecular complexity index is 734. The topological polar surface area (TPSA) is 77.5 Å². The number of nitrogens with one attached hydrogen (secondary N) is 1. The van der Waals surface area contributed by atoms with Crippen LogP contribution >= 0.6 is 22.9 Å². The maximum absolute atomic E-state index is 12.9. The lowest BCUT2D eigenvalue weighted by molar-refractivity contribution is 0.00707. The molecule has 1 aromatic rings. The van der Waals surface area contributed by atoms with Crippen molar-refractivity contribution in [2.45, 2.75) is 77.2 Å². The molecule has 1 aliphatic heterocycles. The summed E-state index contributed by atoms with van der Waals surface area (Å²) < 4.78 is 21.9. The maximum Gasteiger partial charge on any atom is 0.410 e. The largest absolute Gasteiger partial charge is 0.598 e. The molecule has 1 N–H and O–H groups in total. The minimum Gasteiger partial charge on any atom is -0.598 e. The van der Waals surface area contributed by atoms with E-state index in [1.165, 1.54) is 16.2 Å². The third-order valence-corrected chi connectivity index (χ3v) is 8.03. The second kappa shape index (κ2) is 7.61. The number of thiazole rings is 1. The van der Waals surface area contributed by atoms with E-state index in [0.29, 0.717) is 17.6 Å². The quantitative estimate of drug-likeness (QED) is 0.677. The first kappa shape index (κ1) is 22.2. The number of fused-ring (bicyclic) bond motifs is 1. The molecule has 1 aromatic heterocycles. The summed E-state index contributed by atoms with van der Waals surface area (Å²) >= 11 is 6.45. The minimum absolute atomic E-state index is 0.0990. The number of rotatable bonds is 2. The van der Waals surface area contributed by atoms with Crippen molar-refractivity contribution in [3.05, 3.63) is 15.0 Å². The Morgan fingerprint density at radius 2 is 1.93 bits per heavy atom. The molecule has 1 fully saturated rings. The van der Waals surface area contributed by atoms with E-state index in [2.05, 4.69) is 9.71 Å². The Morgan fingerprint density at radius 3 is 2.46 bits per heavy atom. The molecule has 1 saturated heterocycles. The van der Waals surface area contributed by atoms with Gasteiger partial charge in [-0.2, -0.15) is 0 Å². The summed E-state index contributed by atoms with van der Waals surface area (Å²) in [5.74, 6) is 0. The van der Waals surface area contributed by atoms with E-state index in [1.807, 2.05) is 41.5 Å². The summed E-state index contributed by atoms with van der Waals surface area (Å²) in [6, 6.07) is -0.118. The molecular formula is C19H30ClN3O3S2. The van der Waals surface area contributed by atoms with Gasteiger partial charge in [-0.15, -0.1) is 16.1 Å². The van der Waals surface area contributed by atoms with Gasteiger partial charge < -0.3 is 14.2 Å². The lowest BCUT2D eigenvalue weighted by Crippen LogP contribution is -2.51. The van der Waals surface area contributed by atoms with Gasteiger partial charge >= 0.3 is 6.09 Å². The van der Waals surface area contributed by atoms with E-state index in [1.54, 1.807) is 4.90 Å². The Labute approximate surface area is 179 Å². The fraction of sp³-hybridized carbons (Fsp3) is 0.789. The number of amides is 1. The van der Waals surface area contributed by atoms with Crippen LogP contribution in [0.1, 0.15) is 71.0 Å². The third-order valence-electron chi connectivity index (χ3n) is 5.29. The van der Waals surface area contributed by atoms with Gasteiger partial charge in [0, 0.05) is 34.7 Å². The molecule has 9 heteroatoms. The van der Waals surface area contributed by atoms with Crippen molar-refractivity contribution in [3.63, 3.8) is 0 Å². The number of halogens is 1. The first-order chi connectivity index (χ1) is 12.8. The molecule has 1 amide bonds. The molecule has 0 radical (unpaired) electrons. The van der Waals surface area contributed by atoms with Crippen molar-refractivity contribution in [2.75, 3.05) is 13.1 Å². The van der Waals surface area contributed by atoms with E-state index in [9.17, 15) is 9.35 Å². The monoisotopic (exact) mass is 447 g/mol. The van der Waals surface area contributed by atoms with Gasteiger partial charge in [-0.1, -0.05) is 11.6 Å². The number of hydrogen-bond acceptors (Lipinski definition) is 6. The number of carbonyl (C=O) groups excluding carboxylic acids is 1. The van der Waals surface area contributed by atoms with Crippen LogP contribution < -0.4 is 4.72 Å². The lowest BCUT2D eigenvalue weighted by atomic mass is 9.74. The molecule has 2 aliphatic rings. The number of piperidine rings is 1. The smallest absolute Gasteiger partial charge is 0.410 e. The highest BCUT2D eigenvalue weighted by molar-refractivity contribution is 7.90. The van der Waals surface area contributed by atoms with Crippen LogP contribution in [0.4, 0.5) is 4.79 Å². The first-order valence-electron chi connectivity index (χ1n) is 9.62. The Balaban J connectivity index is 1.77. The molecule has 0 bridgehead atoms. The molecule has 28 heavy (non-hydrogen) atoms. The minimum atomic E-state index is -1.22. The number of nitrogens with zero attached hydrogens (tertiary/aromatic N) is 2. The molecule has 1 spiro atoms. The van der Waals surface area contributed by atoms with Gasteiger partial charge in [0.15, 0.2) is 4.47 Å². The van der Waals surface area contributed by atoms with Gasteiger partial charge in [-0.25, -0.2) is 9.78 Å². The van der Waals surface area contributed by atoms with Gasteiger partial charge in [0.1, 0.15) is 16.4 Å². The average molecular weight is 448 g/mol. The molecule has 6 nitrogen and oxygen atoms in total. The molecule has 1 unspecified atom stereocenters. The van der Waals surface area contributed by atoms with Gasteiger partial charge in [0.05, 0.1) is 5.69 Å². The molecule has 1 aliphatic carbocycles.